The molecule has 0 bridgehead atoms. The van der Waals surface area contributed by atoms with Gasteiger partial charge in [-0.1, -0.05) is 0 Å². The van der Waals surface area contributed by atoms with E-state index in [4.69, 9.17) is 4.74 Å². The van der Waals surface area contributed by atoms with Gasteiger partial charge in [0.15, 0.2) is 0 Å². The summed E-state index contributed by atoms with van der Waals surface area (Å²) in [5.74, 6) is -1.58. The molecule has 0 aliphatic carbocycles. The number of hydrogen-bond acceptors (Lipinski definition) is 4. The van der Waals surface area contributed by atoms with E-state index >= 15 is 0 Å². The zero-order chi connectivity index (χ0) is 22.1. The molecule has 0 saturated heterocycles. The van der Waals surface area contributed by atoms with Gasteiger partial charge in [-0.2, -0.15) is 0 Å². The zero-order valence-electron chi connectivity index (χ0n) is 17.3. The number of aromatic nitrogens is 2. The summed E-state index contributed by atoms with van der Waals surface area (Å²) in [6.45, 7) is 7.02. The molecule has 158 valence electrons. The average Bonchev–Trinajstić information content (AvgIpc) is 2.97. The Labute approximate surface area is 173 Å². The highest BCUT2D eigenvalue weighted by Gasteiger charge is 2.27. The van der Waals surface area contributed by atoms with E-state index in [1.165, 1.54) is 12.1 Å². The lowest BCUT2D eigenvalue weighted by molar-refractivity contribution is -0.139. The number of carbonyl (C=O) groups excluding carboxylic acids is 1. The topological polar surface area (TPSA) is 92.9 Å². The maximum absolute atomic E-state index is 13.4. The van der Waals surface area contributed by atoms with Crippen LogP contribution in [0.5, 0.6) is 0 Å². The third-order valence-corrected chi connectivity index (χ3v) is 4.38. The summed E-state index contributed by atoms with van der Waals surface area (Å²) >= 11 is 0. The smallest absolute Gasteiger partial charge is 0.408 e. The van der Waals surface area contributed by atoms with Crippen LogP contribution < -0.4 is 5.32 Å². The first-order chi connectivity index (χ1) is 14.0. The molecule has 0 aliphatic heterocycles. The van der Waals surface area contributed by atoms with Crippen molar-refractivity contribution in [1.29, 1.82) is 0 Å². The predicted octanol–water partition coefficient (Wildman–Crippen LogP) is 3.97. The van der Waals surface area contributed by atoms with E-state index in [1.54, 1.807) is 43.5 Å². The Balaban J connectivity index is 2.01. The van der Waals surface area contributed by atoms with Gasteiger partial charge in [0.2, 0.25) is 0 Å². The molecule has 0 radical (unpaired) electrons. The molecule has 0 fully saturated rings. The highest BCUT2D eigenvalue weighted by atomic mass is 19.1. The number of aliphatic carboxylic acids is 1. The standard InChI is InChI=1S/C22H24FN3O4/c1-13-9-10-26-17(12-16(20(27)28)24-21(29)30-22(2,3)4)19(25-18(26)11-13)14-5-7-15(23)8-6-14/h5-11,16H,12H2,1-4H3,(H,24,29)(H,27,28). The number of amides is 1. The van der Waals surface area contributed by atoms with Crippen LogP contribution in [0.4, 0.5) is 9.18 Å². The van der Waals surface area contributed by atoms with E-state index in [1.807, 2.05) is 19.1 Å². The summed E-state index contributed by atoms with van der Waals surface area (Å²) < 4.78 is 20.4. The van der Waals surface area contributed by atoms with E-state index in [9.17, 15) is 19.1 Å². The van der Waals surface area contributed by atoms with Crippen LogP contribution >= 0.6 is 0 Å². The normalized spacial score (nSPS) is 12.6. The Bertz CT molecular complexity index is 1080. The SMILES string of the molecule is Cc1ccn2c(CC(NC(=O)OC(C)(C)C)C(=O)O)c(-c3ccc(F)cc3)nc2c1. The number of carboxylic acid groups (broad SMARTS) is 1. The number of imidazole rings is 1. The largest absolute Gasteiger partial charge is 0.480 e. The molecular weight excluding hydrogens is 389 g/mol. The van der Waals surface area contributed by atoms with Crippen LogP contribution in [0.25, 0.3) is 16.9 Å². The molecule has 2 aromatic heterocycles. The van der Waals surface area contributed by atoms with Gasteiger partial charge in [0.1, 0.15) is 23.1 Å². The van der Waals surface area contributed by atoms with Crippen LogP contribution in [-0.2, 0) is 16.0 Å². The highest BCUT2D eigenvalue weighted by Crippen LogP contribution is 2.26. The van der Waals surface area contributed by atoms with E-state index < -0.39 is 23.7 Å². The molecule has 2 heterocycles. The van der Waals surface area contributed by atoms with E-state index in [2.05, 4.69) is 10.3 Å². The number of nitrogens with zero attached hydrogens (tertiary/aromatic N) is 2. The Kier molecular flexibility index (Phi) is 5.78. The van der Waals surface area contributed by atoms with Crippen molar-refractivity contribution in [2.24, 2.45) is 0 Å². The number of carboxylic acids is 1. The van der Waals surface area contributed by atoms with Crippen LogP contribution in [0, 0.1) is 12.7 Å². The fourth-order valence-corrected chi connectivity index (χ4v) is 3.07. The Hall–Kier alpha value is -3.42. The van der Waals surface area contributed by atoms with Gasteiger partial charge < -0.3 is 19.6 Å². The first-order valence-corrected chi connectivity index (χ1v) is 9.49. The quantitative estimate of drug-likeness (QED) is 0.660. The molecule has 1 unspecified atom stereocenters. The van der Waals surface area contributed by atoms with Gasteiger partial charge in [-0.25, -0.2) is 19.0 Å². The lowest BCUT2D eigenvalue weighted by atomic mass is 10.0. The molecule has 0 aliphatic rings. The summed E-state index contributed by atoms with van der Waals surface area (Å²) in [5.41, 5.74) is 2.62. The van der Waals surface area contributed by atoms with Gasteiger partial charge >= 0.3 is 12.1 Å². The van der Waals surface area contributed by atoms with Crippen molar-refractivity contribution >= 4 is 17.7 Å². The van der Waals surface area contributed by atoms with Crippen LogP contribution in [0.15, 0.2) is 42.6 Å². The second kappa shape index (κ2) is 8.14. The van der Waals surface area contributed by atoms with Crippen molar-refractivity contribution in [2.75, 3.05) is 0 Å². The number of ether oxygens (including phenoxy) is 1. The molecule has 3 aromatic rings. The van der Waals surface area contributed by atoms with Gasteiger partial charge in [0.25, 0.3) is 0 Å². The molecule has 8 heteroatoms. The molecule has 7 nitrogen and oxygen atoms in total. The van der Waals surface area contributed by atoms with Crippen molar-refractivity contribution < 1.29 is 23.8 Å². The number of alkyl carbamates (subject to hydrolysis) is 1. The molecule has 0 saturated carbocycles. The Morgan fingerprint density at radius 2 is 1.90 bits per heavy atom. The highest BCUT2D eigenvalue weighted by molar-refractivity contribution is 5.81. The molecule has 1 amide bonds. The number of aryl methyl sites for hydroxylation is 1. The number of pyridine rings is 1. The lowest BCUT2D eigenvalue weighted by Crippen LogP contribution is -2.44. The van der Waals surface area contributed by atoms with Gasteiger partial charge in [-0.05, 0) is 69.7 Å². The predicted molar refractivity (Wildman–Crippen MR) is 110 cm³/mol. The molecule has 1 atom stereocenters. The van der Waals surface area contributed by atoms with Crippen molar-refractivity contribution in [3.05, 3.63) is 59.7 Å². The second-order valence-corrected chi connectivity index (χ2v) is 8.09. The monoisotopic (exact) mass is 413 g/mol. The molecule has 1 aromatic carbocycles. The summed E-state index contributed by atoms with van der Waals surface area (Å²) in [6, 6.07) is 8.33. The minimum Gasteiger partial charge on any atom is -0.480 e. The maximum atomic E-state index is 13.4. The number of rotatable bonds is 5. The van der Waals surface area contributed by atoms with E-state index in [0.29, 0.717) is 22.6 Å². The van der Waals surface area contributed by atoms with E-state index in [0.717, 1.165) is 5.56 Å². The van der Waals surface area contributed by atoms with E-state index in [-0.39, 0.29) is 12.2 Å². The van der Waals surface area contributed by atoms with Gasteiger partial charge in [-0.3, -0.25) is 0 Å². The number of benzene rings is 1. The number of hydrogen-bond donors (Lipinski definition) is 2. The minimum atomic E-state index is -1.24. The van der Waals surface area contributed by atoms with Crippen molar-refractivity contribution in [3.8, 4) is 11.3 Å². The molecule has 3 rings (SSSR count). The number of carbonyl (C=O) groups is 2. The third-order valence-electron chi connectivity index (χ3n) is 4.38. The Morgan fingerprint density at radius 1 is 1.23 bits per heavy atom. The molecular formula is C22H24FN3O4. The second-order valence-electron chi connectivity index (χ2n) is 8.09. The third kappa shape index (κ3) is 4.94. The van der Waals surface area contributed by atoms with Gasteiger partial charge in [-0.15, -0.1) is 0 Å². The van der Waals surface area contributed by atoms with Gasteiger partial charge in [0, 0.05) is 18.2 Å². The molecule has 0 spiro atoms. The zero-order valence-corrected chi connectivity index (χ0v) is 17.3. The minimum absolute atomic E-state index is 0.0362. The summed E-state index contributed by atoms with van der Waals surface area (Å²) in [6.07, 6.45) is 0.945. The molecule has 2 N–H and O–H groups in total. The van der Waals surface area contributed by atoms with Crippen LogP contribution in [0.1, 0.15) is 32.0 Å². The molecule has 30 heavy (non-hydrogen) atoms. The van der Waals surface area contributed by atoms with Gasteiger partial charge in [0.05, 0.1) is 11.4 Å². The lowest BCUT2D eigenvalue weighted by Gasteiger charge is -2.22. The first-order valence-electron chi connectivity index (χ1n) is 9.49. The summed E-state index contributed by atoms with van der Waals surface area (Å²) in [7, 11) is 0. The summed E-state index contributed by atoms with van der Waals surface area (Å²) in [5, 5.41) is 12.1. The number of halogens is 1. The average molecular weight is 413 g/mol. The maximum Gasteiger partial charge on any atom is 0.408 e. The van der Waals surface area contributed by atoms with Crippen LogP contribution in [0.3, 0.4) is 0 Å². The Morgan fingerprint density at radius 3 is 2.50 bits per heavy atom. The van der Waals surface area contributed by atoms with Crippen molar-refractivity contribution in [3.63, 3.8) is 0 Å². The fourth-order valence-electron chi connectivity index (χ4n) is 3.07. The van der Waals surface area contributed by atoms with Crippen molar-refractivity contribution in [1.82, 2.24) is 14.7 Å². The van der Waals surface area contributed by atoms with Crippen LogP contribution in [-0.4, -0.2) is 38.2 Å². The van der Waals surface area contributed by atoms with Crippen molar-refractivity contribution in [2.45, 2.75) is 45.8 Å². The number of fused-ring (bicyclic) bond motifs is 1. The number of nitrogens with one attached hydrogen (secondary N) is 1. The first kappa shape index (κ1) is 21.3. The summed E-state index contributed by atoms with van der Waals surface area (Å²) in [4.78, 5) is 28.6. The van der Waals surface area contributed by atoms with Crippen LogP contribution in [0.2, 0.25) is 0 Å². The fraction of sp³-hybridized carbons (Fsp3) is 0.318.